The Kier molecular flexibility index (Phi) is 5.95. The molecule has 1 aromatic carbocycles. The van der Waals surface area contributed by atoms with Gasteiger partial charge in [0.15, 0.2) is 0 Å². The molecule has 1 aliphatic rings. The highest BCUT2D eigenvalue weighted by Gasteiger charge is 2.26. The molecular weight excluding hydrogens is 370 g/mol. The van der Waals surface area contributed by atoms with Crippen molar-refractivity contribution >= 4 is 33.1 Å². The lowest BCUT2D eigenvalue weighted by molar-refractivity contribution is 0.252. The molecule has 2 aromatic rings. The first-order valence-electron chi connectivity index (χ1n) is 8.65. The van der Waals surface area contributed by atoms with Crippen molar-refractivity contribution in [2.24, 2.45) is 0 Å². The fourth-order valence-corrected chi connectivity index (χ4v) is 5.11. The summed E-state index contributed by atoms with van der Waals surface area (Å²) in [4.78, 5) is 13.1. The maximum Gasteiger partial charge on any atom is 0.319 e. The number of nitrogens with zero attached hydrogens (tertiary/aromatic N) is 1. The summed E-state index contributed by atoms with van der Waals surface area (Å²) in [5, 5.41) is 7.61. The van der Waals surface area contributed by atoms with Crippen LogP contribution < -0.4 is 10.6 Å². The van der Waals surface area contributed by atoms with E-state index in [9.17, 15) is 13.2 Å². The molecule has 1 aromatic heterocycles. The van der Waals surface area contributed by atoms with Crippen LogP contribution in [0.4, 0.5) is 10.5 Å². The van der Waals surface area contributed by atoms with E-state index in [1.807, 2.05) is 42.6 Å². The SMILES string of the molecule is CCCS(=O)(=O)N1CCc2ccc(NC(=O)NCc3cccs3)cc2C1. The van der Waals surface area contributed by atoms with Crippen molar-refractivity contribution in [2.75, 3.05) is 17.6 Å². The third-order valence-corrected chi connectivity index (χ3v) is 7.20. The lowest BCUT2D eigenvalue weighted by atomic mass is 10.0. The number of amides is 2. The van der Waals surface area contributed by atoms with Crippen LogP contribution in [-0.4, -0.2) is 31.1 Å². The number of hydrogen-bond donors (Lipinski definition) is 2. The molecule has 0 saturated carbocycles. The molecule has 0 radical (unpaired) electrons. The lowest BCUT2D eigenvalue weighted by Gasteiger charge is -2.28. The van der Waals surface area contributed by atoms with Crippen LogP contribution in [0.3, 0.4) is 0 Å². The highest BCUT2D eigenvalue weighted by atomic mass is 32.2. The Morgan fingerprint density at radius 1 is 1.27 bits per heavy atom. The zero-order chi connectivity index (χ0) is 18.6. The van der Waals surface area contributed by atoms with Crippen LogP contribution in [0, 0.1) is 0 Å². The van der Waals surface area contributed by atoms with Gasteiger partial charge in [-0.05, 0) is 47.5 Å². The van der Waals surface area contributed by atoms with Crippen molar-refractivity contribution in [3.05, 3.63) is 51.7 Å². The molecule has 6 nitrogen and oxygen atoms in total. The Balaban J connectivity index is 1.64. The average Bonchev–Trinajstić information content (AvgIpc) is 3.13. The number of thiophene rings is 1. The molecular formula is C18H23N3O3S2. The molecule has 1 aliphatic heterocycles. The van der Waals surface area contributed by atoms with Crippen molar-refractivity contribution < 1.29 is 13.2 Å². The number of hydrogen-bond acceptors (Lipinski definition) is 4. The van der Waals surface area contributed by atoms with Crippen molar-refractivity contribution in [3.63, 3.8) is 0 Å². The molecule has 0 aliphatic carbocycles. The quantitative estimate of drug-likeness (QED) is 0.791. The Morgan fingerprint density at radius 2 is 2.12 bits per heavy atom. The number of nitrogens with one attached hydrogen (secondary N) is 2. The van der Waals surface area contributed by atoms with Crippen molar-refractivity contribution in [1.82, 2.24) is 9.62 Å². The predicted molar refractivity (Wildman–Crippen MR) is 105 cm³/mol. The van der Waals surface area contributed by atoms with E-state index >= 15 is 0 Å². The number of urea groups is 1. The average molecular weight is 394 g/mol. The first kappa shape index (κ1) is 18.9. The van der Waals surface area contributed by atoms with Gasteiger partial charge in [-0.15, -0.1) is 11.3 Å². The summed E-state index contributed by atoms with van der Waals surface area (Å²) in [6, 6.07) is 9.34. The Labute approximate surface area is 158 Å². The van der Waals surface area contributed by atoms with Crippen LogP contribution >= 0.6 is 11.3 Å². The lowest BCUT2D eigenvalue weighted by Crippen LogP contribution is -2.37. The van der Waals surface area contributed by atoms with Gasteiger partial charge >= 0.3 is 6.03 Å². The number of anilines is 1. The molecule has 0 saturated heterocycles. The number of carbonyl (C=O) groups excluding carboxylic acids is 1. The van der Waals surface area contributed by atoms with E-state index < -0.39 is 10.0 Å². The van der Waals surface area contributed by atoms with Crippen molar-refractivity contribution in [3.8, 4) is 0 Å². The second kappa shape index (κ2) is 8.20. The minimum absolute atomic E-state index is 0.172. The molecule has 8 heteroatoms. The number of benzene rings is 1. The van der Waals surface area contributed by atoms with Gasteiger partial charge in [-0.1, -0.05) is 19.1 Å². The van der Waals surface area contributed by atoms with Gasteiger partial charge in [-0.2, -0.15) is 4.31 Å². The molecule has 3 rings (SSSR count). The molecule has 0 fully saturated rings. The van der Waals surface area contributed by atoms with Crippen LogP contribution in [-0.2, 0) is 29.5 Å². The largest absolute Gasteiger partial charge is 0.333 e. The first-order valence-corrected chi connectivity index (χ1v) is 11.1. The minimum Gasteiger partial charge on any atom is -0.333 e. The maximum absolute atomic E-state index is 12.3. The summed E-state index contributed by atoms with van der Waals surface area (Å²) in [5.74, 6) is 0.172. The Bertz CT molecular complexity index is 864. The highest BCUT2D eigenvalue weighted by molar-refractivity contribution is 7.89. The van der Waals surface area contributed by atoms with E-state index in [0.717, 1.165) is 16.0 Å². The summed E-state index contributed by atoms with van der Waals surface area (Å²) in [6.07, 6.45) is 1.31. The van der Waals surface area contributed by atoms with Crippen LogP contribution in [0.25, 0.3) is 0 Å². The number of carbonyl (C=O) groups is 1. The van der Waals surface area contributed by atoms with E-state index in [2.05, 4.69) is 10.6 Å². The highest BCUT2D eigenvalue weighted by Crippen LogP contribution is 2.24. The van der Waals surface area contributed by atoms with Crippen LogP contribution in [0.1, 0.15) is 29.3 Å². The summed E-state index contributed by atoms with van der Waals surface area (Å²) < 4.78 is 26.1. The predicted octanol–water partition coefficient (Wildman–Crippen LogP) is 3.17. The molecule has 2 amide bonds. The van der Waals surface area contributed by atoms with E-state index in [4.69, 9.17) is 0 Å². The van der Waals surface area contributed by atoms with Crippen LogP contribution in [0.2, 0.25) is 0 Å². The van der Waals surface area contributed by atoms with Gasteiger partial charge < -0.3 is 10.6 Å². The fraction of sp³-hybridized carbons (Fsp3) is 0.389. The van der Waals surface area contributed by atoms with Gasteiger partial charge in [0.1, 0.15) is 0 Å². The van der Waals surface area contributed by atoms with Gasteiger partial charge in [-0.25, -0.2) is 13.2 Å². The number of sulfonamides is 1. The van der Waals surface area contributed by atoms with Gasteiger partial charge in [-0.3, -0.25) is 0 Å². The van der Waals surface area contributed by atoms with Gasteiger partial charge in [0.25, 0.3) is 0 Å². The van der Waals surface area contributed by atoms with Crippen molar-refractivity contribution in [2.45, 2.75) is 32.9 Å². The minimum atomic E-state index is -3.21. The molecule has 0 unspecified atom stereocenters. The van der Waals surface area contributed by atoms with E-state index in [-0.39, 0.29) is 11.8 Å². The molecule has 0 atom stereocenters. The van der Waals surface area contributed by atoms with E-state index in [1.165, 1.54) is 0 Å². The zero-order valence-electron chi connectivity index (χ0n) is 14.7. The topological polar surface area (TPSA) is 78.5 Å². The van der Waals surface area contributed by atoms with Crippen molar-refractivity contribution in [1.29, 1.82) is 0 Å². The Hall–Kier alpha value is -1.90. The molecule has 0 bridgehead atoms. The first-order chi connectivity index (χ1) is 12.5. The van der Waals surface area contributed by atoms with E-state index in [0.29, 0.717) is 38.2 Å². The second-order valence-corrected chi connectivity index (χ2v) is 9.39. The van der Waals surface area contributed by atoms with Crippen LogP contribution in [0.15, 0.2) is 35.7 Å². The smallest absolute Gasteiger partial charge is 0.319 e. The standard InChI is InChI=1S/C18H23N3O3S2/c1-2-10-26(23,24)21-8-7-14-5-6-16(11-15(14)13-21)20-18(22)19-12-17-4-3-9-25-17/h3-6,9,11H,2,7-8,10,12-13H2,1H3,(H2,19,20,22). The van der Waals surface area contributed by atoms with Gasteiger partial charge in [0.2, 0.25) is 10.0 Å². The summed E-state index contributed by atoms with van der Waals surface area (Å²) >= 11 is 1.59. The monoisotopic (exact) mass is 393 g/mol. The molecule has 2 heterocycles. The third-order valence-electron chi connectivity index (χ3n) is 4.30. The maximum atomic E-state index is 12.3. The van der Waals surface area contributed by atoms with Gasteiger partial charge in [0, 0.05) is 23.7 Å². The fourth-order valence-electron chi connectivity index (χ4n) is 2.99. The molecule has 0 spiro atoms. The summed E-state index contributed by atoms with van der Waals surface area (Å²) in [5.41, 5.74) is 2.76. The zero-order valence-corrected chi connectivity index (χ0v) is 16.3. The molecule has 2 N–H and O–H groups in total. The molecule has 26 heavy (non-hydrogen) atoms. The Morgan fingerprint density at radius 3 is 2.85 bits per heavy atom. The summed E-state index contributed by atoms with van der Waals surface area (Å²) in [7, 11) is -3.21. The number of rotatable bonds is 6. The molecule has 140 valence electrons. The van der Waals surface area contributed by atoms with Gasteiger partial charge in [0.05, 0.1) is 12.3 Å². The van der Waals surface area contributed by atoms with E-state index in [1.54, 1.807) is 15.6 Å². The third kappa shape index (κ3) is 4.63. The summed E-state index contributed by atoms with van der Waals surface area (Å²) in [6.45, 7) is 3.23. The number of fused-ring (bicyclic) bond motifs is 1. The second-order valence-electron chi connectivity index (χ2n) is 6.27. The van der Waals surface area contributed by atoms with Crippen LogP contribution in [0.5, 0.6) is 0 Å². The normalized spacial score (nSPS) is 14.7.